The molecule has 3 atom stereocenters. The van der Waals surface area contributed by atoms with E-state index >= 15 is 0 Å². The molecule has 19 heavy (non-hydrogen) atoms. The van der Waals surface area contributed by atoms with Crippen molar-refractivity contribution in [3.8, 4) is 0 Å². The van der Waals surface area contributed by atoms with Crippen LogP contribution < -0.4 is 5.32 Å². The molecule has 3 heteroatoms. The van der Waals surface area contributed by atoms with E-state index in [1.54, 1.807) is 0 Å². The first-order valence-corrected chi connectivity index (χ1v) is 8.18. The zero-order chi connectivity index (χ0) is 14.0. The molecule has 0 aliphatic carbocycles. The molecule has 2 heterocycles. The maximum absolute atomic E-state index is 3.64. The van der Waals surface area contributed by atoms with E-state index in [2.05, 4.69) is 49.9 Å². The van der Waals surface area contributed by atoms with Gasteiger partial charge in [0.1, 0.15) is 0 Å². The van der Waals surface area contributed by atoms with Gasteiger partial charge in [-0.3, -0.25) is 9.80 Å². The van der Waals surface area contributed by atoms with Gasteiger partial charge in [-0.2, -0.15) is 0 Å². The Morgan fingerprint density at radius 2 is 1.74 bits per heavy atom. The van der Waals surface area contributed by atoms with Crippen LogP contribution >= 0.6 is 0 Å². The topological polar surface area (TPSA) is 18.5 Å². The van der Waals surface area contributed by atoms with E-state index in [9.17, 15) is 0 Å². The summed E-state index contributed by atoms with van der Waals surface area (Å²) in [7, 11) is 2.34. The summed E-state index contributed by atoms with van der Waals surface area (Å²) < 4.78 is 0. The molecular formula is C16H33N3. The number of hydrogen-bond donors (Lipinski definition) is 1. The van der Waals surface area contributed by atoms with Crippen molar-refractivity contribution in [3.63, 3.8) is 0 Å². The molecule has 0 saturated carbocycles. The normalized spacial score (nSPS) is 31.1. The summed E-state index contributed by atoms with van der Waals surface area (Å²) in [5, 5.41) is 3.64. The van der Waals surface area contributed by atoms with E-state index < -0.39 is 0 Å². The Bertz CT molecular complexity index is 277. The predicted molar refractivity (Wildman–Crippen MR) is 82.5 cm³/mol. The summed E-state index contributed by atoms with van der Waals surface area (Å²) in [6.45, 7) is 12.9. The Kier molecular flexibility index (Phi) is 5.27. The summed E-state index contributed by atoms with van der Waals surface area (Å²) in [4.78, 5) is 5.41. The van der Waals surface area contributed by atoms with Gasteiger partial charge >= 0.3 is 0 Å². The molecule has 0 spiro atoms. The molecule has 0 aromatic carbocycles. The van der Waals surface area contributed by atoms with E-state index in [4.69, 9.17) is 0 Å². The highest BCUT2D eigenvalue weighted by Crippen LogP contribution is 2.30. The number of fused-ring (bicyclic) bond motifs is 2. The SMILES string of the molecule is CC(C)NCC(C(C)C)N1CCC2CCC(C1)N2C. The fraction of sp³-hybridized carbons (Fsp3) is 1.00. The number of likely N-dealkylation sites (N-methyl/N-ethyl adjacent to an activating group) is 1. The van der Waals surface area contributed by atoms with Crippen LogP contribution in [0.5, 0.6) is 0 Å². The molecule has 1 N–H and O–H groups in total. The van der Waals surface area contributed by atoms with Crippen LogP contribution in [0.25, 0.3) is 0 Å². The van der Waals surface area contributed by atoms with Gasteiger partial charge in [-0.25, -0.2) is 0 Å². The highest BCUT2D eigenvalue weighted by atomic mass is 15.3. The summed E-state index contributed by atoms with van der Waals surface area (Å²) in [5.41, 5.74) is 0. The Hall–Kier alpha value is -0.120. The molecule has 0 aromatic heterocycles. The highest BCUT2D eigenvalue weighted by Gasteiger charge is 2.36. The van der Waals surface area contributed by atoms with Crippen molar-refractivity contribution in [1.29, 1.82) is 0 Å². The van der Waals surface area contributed by atoms with Gasteiger partial charge in [-0.05, 0) is 32.2 Å². The molecule has 2 rings (SSSR count). The van der Waals surface area contributed by atoms with Crippen molar-refractivity contribution in [2.45, 2.75) is 71.1 Å². The molecule has 2 saturated heterocycles. The molecule has 112 valence electrons. The van der Waals surface area contributed by atoms with Gasteiger partial charge in [-0.15, -0.1) is 0 Å². The van der Waals surface area contributed by atoms with E-state index in [1.807, 2.05) is 0 Å². The standard InChI is InChI=1S/C16H33N3/c1-12(2)16(10-17-13(3)4)19-9-8-14-6-7-15(11-19)18(14)5/h12-17H,6-11H2,1-5H3. The third-order valence-corrected chi connectivity index (χ3v) is 5.15. The van der Waals surface area contributed by atoms with Crippen molar-refractivity contribution in [2.24, 2.45) is 5.92 Å². The largest absolute Gasteiger partial charge is 0.313 e. The van der Waals surface area contributed by atoms with Crippen LogP contribution in [0.1, 0.15) is 47.0 Å². The summed E-state index contributed by atoms with van der Waals surface area (Å²) in [5.74, 6) is 0.730. The van der Waals surface area contributed by atoms with Gasteiger partial charge in [0.2, 0.25) is 0 Å². The quantitative estimate of drug-likeness (QED) is 0.824. The molecule has 2 aliphatic heterocycles. The zero-order valence-electron chi connectivity index (χ0n) is 13.5. The van der Waals surface area contributed by atoms with Crippen LogP contribution in [0.15, 0.2) is 0 Å². The molecule has 0 aromatic rings. The molecule has 0 amide bonds. The van der Waals surface area contributed by atoms with Gasteiger partial charge in [0.05, 0.1) is 0 Å². The van der Waals surface area contributed by atoms with Crippen molar-refractivity contribution < 1.29 is 0 Å². The molecule has 2 aliphatic rings. The fourth-order valence-corrected chi connectivity index (χ4v) is 3.78. The number of likely N-dealkylation sites (tertiary alicyclic amines) is 1. The van der Waals surface area contributed by atoms with E-state index in [0.717, 1.165) is 24.5 Å². The summed E-state index contributed by atoms with van der Waals surface area (Å²) >= 11 is 0. The molecule has 2 bridgehead atoms. The Morgan fingerprint density at radius 3 is 2.37 bits per heavy atom. The minimum absolute atomic E-state index is 0.590. The van der Waals surface area contributed by atoms with Crippen molar-refractivity contribution in [1.82, 2.24) is 15.1 Å². The smallest absolute Gasteiger partial charge is 0.0244 e. The van der Waals surface area contributed by atoms with Crippen LogP contribution in [-0.4, -0.2) is 60.6 Å². The first-order valence-electron chi connectivity index (χ1n) is 8.18. The average Bonchev–Trinajstić information content (AvgIpc) is 2.55. The molecule has 2 fully saturated rings. The third kappa shape index (κ3) is 3.71. The molecular weight excluding hydrogens is 234 g/mol. The van der Waals surface area contributed by atoms with Gasteiger partial charge < -0.3 is 5.32 Å². The minimum Gasteiger partial charge on any atom is -0.313 e. The van der Waals surface area contributed by atoms with Crippen molar-refractivity contribution >= 4 is 0 Å². The van der Waals surface area contributed by atoms with Gasteiger partial charge in [-0.1, -0.05) is 27.7 Å². The Morgan fingerprint density at radius 1 is 1.05 bits per heavy atom. The van der Waals surface area contributed by atoms with Crippen molar-refractivity contribution in [2.75, 3.05) is 26.7 Å². The lowest BCUT2D eigenvalue weighted by Gasteiger charge is -2.36. The zero-order valence-corrected chi connectivity index (χ0v) is 13.5. The Labute approximate surface area is 119 Å². The van der Waals surface area contributed by atoms with E-state index in [-0.39, 0.29) is 0 Å². The number of nitrogens with zero attached hydrogens (tertiary/aromatic N) is 2. The van der Waals surface area contributed by atoms with Gasteiger partial charge in [0.25, 0.3) is 0 Å². The second-order valence-corrected chi connectivity index (χ2v) is 7.21. The third-order valence-electron chi connectivity index (χ3n) is 5.15. The van der Waals surface area contributed by atoms with Crippen LogP contribution in [-0.2, 0) is 0 Å². The van der Waals surface area contributed by atoms with Gasteiger partial charge in [0.15, 0.2) is 0 Å². The second-order valence-electron chi connectivity index (χ2n) is 7.21. The number of nitrogens with one attached hydrogen (secondary N) is 1. The lowest BCUT2D eigenvalue weighted by atomic mass is 9.99. The minimum atomic E-state index is 0.590. The van der Waals surface area contributed by atoms with E-state index in [1.165, 1.54) is 32.4 Å². The van der Waals surface area contributed by atoms with Crippen LogP contribution in [0.4, 0.5) is 0 Å². The lowest BCUT2D eigenvalue weighted by Crippen LogP contribution is -2.50. The van der Waals surface area contributed by atoms with E-state index in [0.29, 0.717) is 12.1 Å². The highest BCUT2D eigenvalue weighted by molar-refractivity contribution is 4.93. The summed E-state index contributed by atoms with van der Waals surface area (Å²) in [6, 6.07) is 2.93. The second kappa shape index (κ2) is 6.55. The maximum Gasteiger partial charge on any atom is 0.0244 e. The maximum atomic E-state index is 3.64. The lowest BCUT2D eigenvalue weighted by molar-refractivity contribution is 0.134. The number of hydrogen-bond acceptors (Lipinski definition) is 3. The number of rotatable bonds is 5. The van der Waals surface area contributed by atoms with Crippen LogP contribution in [0, 0.1) is 5.92 Å². The first kappa shape index (κ1) is 15.3. The molecule has 3 nitrogen and oxygen atoms in total. The first-order chi connectivity index (χ1) is 8.99. The average molecular weight is 267 g/mol. The fourth-order valence-electron chi connectivity index (χ4n) is 3.78. The molecule has 0 radical (unpaired) electrons. The Balaban J connectivity index is 1.97. The van der Waals surface area contributed by atoms with Gasteiger partial charge in [0, 0.05) is 43.8 Å². The monoisotopic (exact) mass is 267 g/mol. The molecule has 3 unspecified atom stereocenters. The predicted octanol–water partition coefficient (Wildman–Crippen LogP) is 2.18. The van der Waals surface area contributed by atoms with Crippen LogP contribution in [0.3, 0.4) is 0 Å². The van der Waals surface area contributed by atoms with Crippen molar-refractivity contribution in [3.05, 3.63) is 0 Å². The van der Waals surface area contributed by atoms with Crippen LogP contribution in [0.2, 0.25) is 0 Å². The summed E-state index contributed by atoms with van der Waals surface area (Å²) in [6.07, 6.45) is 4.18.